The highest BCUT2D eigenvalue weighted by molar-refractivity contribution is 5.88. The average molecular weight is 235 g/mol. The average Bonchev–Trinajstić information content (AvgIpc) is 2.25. The maximum atomic E-state index is 10.7. The maximum Gasteiger partial charge on any atom is 0.335 e. The molecular weight excluding hydrogens is 214 g/mol. The molecule has 1 aromatic carbocycles. The molecule has 0 spiro atoms. The third kappa shape index (κ3) is 4.47. The summed E-state index contributed by atoms with van der Waals surface area (Å²) < 4.78 is 0. The number of carboxylic acids is 1. The summed E-state index contributed by atoms with van der Waals surface area (Å²) in [5.41, 5.74) is 1.70. The van der Waals surface area contributed by atoms with Crippen LogP contribution in [0.3, 0.4) is 0 Å². The fraction of sp³-hybridized carbons (Fsp3) is 0.500. The second kappa shape index (κ2) is 5.21. The molecule has 1 rings (SSSR count). The van der Waals surface area contributed by atoms with E-state index in [2.05, 4.69) is 25.7 Å². The molecule has 0 radical (unpaired) electrons. The molecule has 0 aliphatic carbocycles. The van der Waals surface area contributed by atoms with Gasteiger partial charge in [0.2, 0.25) is 0 Å². The highest BCUT2D eigenvalue weighted by Gasteiger charge is 2.12. The van der Waals surface area contributed by atoms with Crippen molar-refractivity contribution in [3.8, 4) is 0 Å². The van der Waals surface area contributed by atoms with Crippen LogP contribution in [0.25, 0.3) is 0 Å². The zero-order chi connectivity index (χ0) is 13.1. The molecule has 0 unspecified atom stereocenters. The van der Waals surface area contributed by atoms with E-state index in [-0.39, 0.29) is 0 Å². The minimum Gasteiger partial charge on any atom is -0.478 e. The quantitative estimate of drug-likeness (QED) is 0.870. The second-order valence-electron chi connectivity index (χ2n) is 5.58. The molecule has 0 bridgehead atoms. The predicted octanol–water partition coefficient (Wildman–Crippen LogP) is 3.26. The smallest absolute Gasteiger partial charge is 0.335 e. The van der Waals surface area contributed by atoms with Gasteiger partial charge in [0.05, 0.1) is 5.56 Å². The van der Waals surface area contributed by atoms with Gasteiger partial charge in [-0.2, -0.15) is 0 Å². The van der Waals surface area contributed by atoms with Crippen LogP contribution in [0.5, 0.6) is 0 Å². The largest absolute Gasteiger partial charge is 0.478 e. The van der Waals surface area contributed by atoms with Crippen molar-refractivity contribution in [1.82, 2.24) is 0 Å². The van der Waals surface area contributed by atoms with Gasteiger partial charge in [-0.25, -0.2) is 4.79 Å². The molecule has 94 valence electrons. The number of carbonyl (C=O) groups is 1. The Morgan fingerprint density at radius 2 is 1.76 bits per heavy atom. The van der Waals surface area contributed by atoms with Gasteiger partial charge in [-0.05, 0) is 36.1 Å². The topological polar surface area (TPSA) is 40.5 Å². The number of rotatable bonds is 4. The first-order valence-corrected chi connectivity index (χ1v) is 5.84. The van der Waals surface area contributed by atoms with E-state index in [1.807, 2.05) is 19.2 Å². The summed E-state index contributed by atoms with van der Waals surface area (Å²) in [4.78, 5) is 12.9. The van der Waals surface area contributed by atoms with Crippen LogP contribution in [0.1, 0.15) is 37.6 Å². The number of aromatic carboxylic acids is 1. The van der Waals surface area contributed by atoms with Gasteiger partial charge in [0.25, 0.3) is 0 Å². The first-order valence-electron chi connectivity index (χ1n) is 5.84. The van der Waals surface area contributed by atoms with Gasteiger partial charge in [0, 0.05) is 19.3 Å². The lowest BCUT2D eigenvalue weighted by molar-refractivity contribution is 0.0697. The summed E-state index contributed by atoms with van der Waals surface area (Å²) in [6.45, 7) is 7.62. The summed E-state index contributed by atoms with van der Waals surface area (Å²) in [6.07, 6.45) is 1.10. The van der Waals surface area contributed by atoms with Crippen LogP contribution < -0.4 is 4.90 Å². The Hall–Kier alpha value is -1.51. The molecule has 0 aliphatic rings. The molecule has 0 saturated carbocycles. The van der Waals surface area contributed by atoms with E-state index in [0.717, 1.165) is 18.7 Å². The Morgan fingerprint density at radius 3 is 2.18 bits per heavy atom. The molecule has 1 aromatic rings. The van der Waals surface area contributed by atoms with Crippen LogP contribution >= 0.6 is 0 Å². The van der Waals surface area contributed by atoms with Crippen LogP contribution in [-0.4, -0.2) is 24.7 Å². The zero-order valence-electron chi connectivity index (χ0n) is 11.0. The third-order valence-electron chi connectivity index (χ3n) is 2.75. The van der Waals surface area contributed by atoms with Crippen molar-refractivity contribution in [2.45, 2.75) is 27.2 Å². The zero-order valence-corrected chi connectivity index (χ0v) is 11.0. The van der Waals surface area contributed by atoms with Gasteiger partial charge in [0.15, 0.2) is 0 Å². The maximum absolute atomic E-state index is 10.7. The predicted molar refractivity (Wildman–Crippen MR) is 70.7 cm³/mol. The van der Waals surface area contributed by atoms with Crippen LogP contribution in [0.15, 0.2) is 24.3 Å². The first kappa shape index (κ1) is 13.6. The third-order valence-corrected chi connectivity index (χ3v) is 2.75. The number of benzene rings is 1. The van der Waals surface area contributed by atoms with Crippen molar-refractivity contribution in [1.29, 1.82) is 0 Å². The minimum absolute atomic E-state index is 0.315. The monoisotopic (exact) mass is 235 g/mol. The Labute approximate surface area is 103 Å². The van der Waals surface area contributed by atoms with E-state index in [9.17, 15) is 4.79 Å². The molecule has 3 heteroatoms. The first-order chi connectivity index (χ1) is 7.79. The summed E-state index contributed by atoms with van der Waals surface area (Å²) in [5.74, 6) is -0.881. The normalized spacial score (nSPS) is 11.3. The van der Waals surface area contributed by atoms with Gasteiger partial charge in [-0.3, -0.25) is 0 Å². The highest BCUT2D eigenvalue weighted by Crippen LogP contribution is 2.21. The van der Waals surface area contributed by atoms with E-state index in [1.54, 1.807) is 12.1 Å². The SMILES string of the molecule is CN(CCC(C)(C)C)c1ccc(C(=O)O)cc1. The van der Waals surface area contributed by atoms with Crippen molar-refractivity contribution in [3.63, 3.8) is 0 Å². The molecule has 0 amide bonds. The molecule has 0 heterocycles. The second-order valence-corrected chi connectivity index (χ2v) is 5.58. The standard InChI is InChI=1S/C14H21NO2/c1-14(2,3)9-10-15(4)12-7-5-11(6-8-12)13(16)17/h5-8H,9-10H2,1-4H3,(H,16,17). The minimum atomic E-state index is -0.881. The molecule has 1 N–H and O–H groups in total. The van der Waals surface area contributed by atoms with Crippen LogP contribution in [-0.2, 0) is 0 Å². The van der Waals surface area contributed by atoms with Gasteiger partial charge in [-0.15, -0.1) is 0 Å². The lowest BCUT2D eigenvalue weighted by atomic mass is 9.92. The number of carboxylic acid groups (broad SMARTS) is 1. The molecule has 0 aromatic heterocycles. The fourth-order valence-electron chi connectivity index (χ4n) is 1.49. The Kier molecular flexibility index (Phi) is 4.16. The van der Waals surface area contributed by atoms with E-state index >= 15 is 0 Å². The van der Waals surface area contributed by atoms with Crippen molar-refractivity contribution >= 4 is 11.7 Å². The molecule has 0 fully saturated rings. The molecule has 0 saturated heterocycles. The molecule has 3 nitrogen and oxygen atoms in total. The summed E-state index contributed by atoms with van der Waals surface area (Å²) in [6, 6.07) is 6.99. The van der Waals surface area contributed by atoms with E-state index < -0.39 is 5.97 Å². The molecular formula is C14H21NO2. The van der Waals surface area contributed by atoms with Gasteiger partial charge >= 0.3 is 5.97 Å². The lowest BCUT2D eigenvalue weighted by Crippen LogP contribution is -2.23. The highest BCUT2D eigenvalue weighted by atomic mass is 16.4. The van der Waals surface area contributed by atoms with Gasteiger partial charge < -0.3 is 10.0 Å². The molecule has 17 heavy (non-hydrogen) atoms. The van der Waals surface area contributed by atoms with Gasteiger partial charge in [-0.1, -0.05) is 20.8 Å². The van der Waals surface area contributed by atoms with E-state index in [4.69, 9.17) is 5.11 Å². The number of hydrogen-bond donors (Lipinski definition) is 1. The van der Waals surface area contributed by atoms with E-state index in [0.29, 0.717) is 11.0 Å². The Balaban J connectivity index is 2.63. The van der Waals surface area contributed by atoms with Crippen LogP contribution in [0.4, 0.5) is 5.69 Å². The Bertz CT molecular complexity index is 376. The van der Waals surface area contributed by atoms with Gasteiger partial charge in [0.1, 0.15) is 0 Å². The van der Waals surface area contributed by atoms with Crippen molar-refractivity contribution in [2.75, 3.05) is 18.5 Å². The summed E-state index contributed by atoms with van der Waals surface area (Å²) in [7, 11) is 2.03. The fourth-order valence-corrected chi connectivity index (χ4v) is 1.49. The van der Waals surface area contributed by atoms with E-state index in [1.165, 1.54) is 0 Å². The van der Waals surface area contributed by atoms with Crippen molar-refractivity contribution < 1.29 is 9.90 Å². The molecule has 0 aliphatic heterocycles. The van der Waals surface area contributed by atoms with Crippen LogP contribution in [0, 0.1) is 5.41 Å². The van der Waals surface area contributed by atoms with Crippen molar-refractivity contribution in [3.05, 3.63) is 29.8 Å². The van der Waals surface area contributed by atoms with Crippen molar-refractivity contribution in [2.24, 2.45) is 5.41 Å². The number of nitrogens with zero attached hydrogens (tertiary/aromatic N) is 1. The number of anilines is 1. The summed E-state index contributed by atoms with van der Waals surface area (Å²) >= 11 is 0. The van der Waals surface area contributed by atoms with Crippen LogP contribution in [0.2, 0.25) is 0 Å². The number of hydrogen-bond acceptors (Lipinski definition) is 2. The summed E-state index contributed by atoms with van der Waals surface area (Å²) in [5, 5.41) is 8.81. The lowest BCUT2D eigenvalue weighted by Gasteiger charge is -2.25. The molecule has 0 atom stereocenters. The Morgan fingerprint density at radius 1 is 1.24 bits per heavy atom.